The van der Waals surface area contributed by atoms with Crippen LogP contribution in [0.15, 0.2) is 42.6 Å². The number of aromatic nitrogens is 3. The van der Waals surface area contributed by atoms with Crippen LogP contribution in [0.5, 0.6) is 0 Å². The van der Waals surface area contributed by atoms with Gasteiger partial charge >= 0.3 is 6.03 Å². The van der Waals surface area contributed by atoms with Crippen LogP contribution in [0.2, 0.25) is 0 Å². The van der Waals surface area contributed by atoms with Gasteiger partial charge in [0.25, 0.3) is 0 Å². The molecule has 4 aromatic rings. The zero-order valence-electron chi connectivity index (χ0n) is 16.6. The number of nitrogens with zero attached hydrogens (tertiary/aromatic N) is 3. The molecule has 4 N–H and O–H groups in total. The SMILES string of the molecule is CNC(=O)Nc1ccc(-c2cnc3c(NCCCO)nc4cc(F)c(F)cc4n23)cc1. The minimum Gasteiger partial charge on any atom is -0.396 e. The van der Waals surface area contributed by atoms with Gasteiger partial charge in [0.15, 0.2) is 23.1 Å². The second-order valence-corrected chi connectivity index (χ2v) is 6.80. The summed E-state index contributed by atoms with van der Waals surface area (Å²) < 4.78 is 29.6. The minimum atomic E-state index is -0.994. The molecule has 0 radical (unpaired) electrons. The molecule has 0 saturated heterocycles. The fourth-order valence-electron chi connectivity index (χ4n) is 3.25. The number of nitrogens with one attached hydrogen (secondary N) is 3. The molecule has 0 aliphatic heterocycles. The molecule has 2 aromatic carbocycles. The van der Waals surface area contributed by atoms with Crippen molar-refractivity contribution in [2.75, 3.05) is 30.8 Å². The summed E-state index contributed by atoms with van der Waals surface area (Å²) in [6, 6.07) is 8.84. The average molecular weight is 426 g/mol. The van der Waals surface area contributed by atoms with Crippen LogP contribution in [-0.4, -0.2) is 45.7 Å². The molecule has 0 saturated carbocycles. The highest BCUT2D eigenvalue weighted by molar-refractivity contribution is 5.90. The molecule has 0 bridgehead atoms. The highest BCUT2D eigenvalue weighted by atomic mass is 19.2. The van der Waals surface area contributed by atoms with Crippen LogP contribution in [0.1, 0.15) is 6.42 Å². The number of fused-ring (bicyclic) bond motifs is 3. The van der Waals surface area contributed by atoms with E-state index in [0.717, 1.165) is 17.7 Å². The molecule has 4 rings (SSSR count). The minimum absolute atomic E-state index is 0.00678. The monoisotopic (exact) mass is 426 g/mol. The van der Waals surface area contributed by atoms with Crippen molar-refractivity contribution in [3.05, 3.63) is 54.2 Å². The number of benzene rings is 2. The Balaban J connectivity index is 1.86. The molecule has 0 atom stereocenters. The first-order valence-electron chi connectivity index (χ1n) is 9.62. The first-order valence-corrected chi connectivity index (χ1v) is 9.62. The van der Waals surface area contributed by atoms with E-state index in [0.29, 0.717) is 41.3 Å². The quantitative estimate of drug-likeness (QED) is 0.354. The number of rotatable bonds is 6. The van der Waals surface area contributed by atoms with E-state index in [1.807, 2.05) is 0 Å². The summed E-state index contributed by atoms with van der Waals surface area (Å²) >= 11 is 0. The molecule has 0 aliphatic rings. The van der Waals surface area contributed by atoms with Crippen molar-refractivity contribution in [2.24, 2.45) is 0 Å². The van der Waals surface area contributed by atoms with E-state index in [4.69, 9.17) is 5.11 Å². The van der Waals surface area contributed by atoms with E-state index in [-0.39, 0.29) is 18.2 Å². The third-order valence-electron chi connectivity index (χ3n) is 4.76. The Bertz CT molecular complexity index is 1260. The van der Waals surface area contributed by atoms with Gasteiger partial charge in [-0.2, -0.15) is 0 Å². The molecule has 0 fully saturated rings. The Kier molecular flexibility index (Phi) is 5.63. The van der Waals surface area contributed by atoms with Gasteiger partial charge in [0.05, 0.1) is 22.9 Å². The fourth-order valence-corrected chi connectivity index (χ4v) is 3.25. The predicted octanol–water partition coefficient (Wildman–Crippen LogP) is 3.37. The summed E-state index contributed by atoms with van der Waals surface area (Å²) in [4.78, 5) is 20.3. The van der Waals surface area contributed by atoms with Crippen molar-refractivity contribution in [1.82, 2.24) is 19.7 Å². The summed E-state index contributed by atoms with van der Waals surface area (Å²) in [5.41, 5.74) is 3.07. The molecule has 2 aromatic heterocycles. The number of halogens is 2. The molecule has 0 spiro atoms. The van der Waals surface area contributed by atoms with Crippen LogP contribution in [0, 0.1) is 11.6 Å². The lowest BCUT2D eigenvalue weighted by Crippen LogP contribution is -2.24. The van der Waals surface area contributed by atoms with Crippen LogP contribution >= 0.6 is 0 Å². The maximum atomic E-state index is 14.0. The van der Waals surface area contributed by atoms with Crippen molar-refractivity contribution in [2.45, 2.75) is 6.42 Å². The van der Waals surface area contributed by atoms with Gasteiger partial charge in [-0.15, -0.1) is 0 Å². The summed E-state index contributed by atoms with van der Waals surface area (Å²) in [6.45, 7) is 0.448. The van der Waals surface area contributed by atoms with Crippen LogP contribution in [0.25, 0.3) is 27.9 Å². The molecular weight excluding hydrogens is 406 g/mol. The standard InChI is InChI=1S/C21H20F2N6O2/c1-24-21(31)27-13-5-3-12(4-6-13)18-11-26-20-19(25-7-2-8-30)28-16-9-14(22)15(23)10-17(16)29(18)20/h3-6,9-11,30H,2,7-8H2,1H3,(H,25,28)(H2,24,27,31). The summed E-state index contributed by atoms with van der Waals surface area (Å²) in [6.07, 6.45) is 2.12. The molecule has 0 unspecified atom stereocenters. The van der Waals surface area contributed by atoms with E-state index >= 15 is 0 Å². The summed E-state index contributed by atoms with van der Waals surface area (Å²) in [7, 11) is 1.52. The fraction of sp³-hybridized carbons (Fsp3) is 0.190. The zero-order valence-corrected chi connectivity index (χ0v) is 16.6. The Labute approximate surface area is 175 Å². The normalized spacial score (nSPS) is 11.1. The molecule has 10 heteroatoms. The first kappa shape index (κ1) is 20.5. The number of carbonyl (C=O) groups excluding carboxylic acids is 1. The van der Waals surface area contributed by atoms with E-state index in [9.17, 15) is 13.6 Å². The lowest BCUT2D eigenvalue weighted by atomic mass is 10.1. The van der Waals surface area contributed by atoms with Crippen LogP contribution in [0.4, 0.5) is 25.1 Å². The molecule has 160 valence electrons. The number of aliphatic hydroxyl groups is 1. The maximum absolute atomic E-state index is 14.0. The van der Waals surface area contributed by atoms with Gasteiger partial charge in [-0.1, -0.05) is 12.1 Å². The van der Waals surface area contributed by atoms with Crippen LogP contribution in [0.3, 0.4) is 0 Å². The Hall–Kier alpha value is -3.79. The molecule has 0 aliphatic carbocycles. The summed E-state index contributed by atoms with van der Waals surface area (Å²) in [5, 5.41) is 17.3. The van der Waals surface area contributed by atoms with Gasteiger partial charge in [-0.05, 0) is 18.6 Å². The molecule has 2 heterocycles. The lowest BCUT2D eigenvalue weighted by Gasteiger charge is -2.12. The van der Waals surface area contributed by atoms with Crippen LogP contribution in [-0.2, 0) is 0 Å². The highest BCUT2D eigenvalue weighted by Crippen LogP contribution is 2.30. The number of aliphatic hydroxyl groups excluding tert-OH is 1. The maximum Gasteiger partial charge on any atom is 0.318 e. The third kappa shape index (κ3) is 3.97. The van der Waals surface area contributed by atoms with Crippen molar-refractivity contribution in [3.63, 3.8) is 0 Å². The predicted molar refractivity (Wildman–Crippen MR) is 114 cm³/mol. The van der Waals surface area contributed by atoms with Gasteiger partial charge in [0, 0.05) is 43.6 Å². The van der Waals surface area contributed by atoms with Gasteiger partial charge in [0.1, 0.15) is 0 Å². The third-order valence-corrected chi connectivity index (χ3v) is 4.76. The highest BCUT2D eigenvalue weighted by Gasteiger charge is 2.17. The zero-order chi connectivity index (χ0) is 22.0. The Morgan fingerprint density at radius 3 is 2.61 bits per heavy atom. The molecule has 31 heavy (non-hydrogen) atoms. The average Bonchev–Trinajstić information content (AvgIpc) is 3.21. The van der Waals surface area contributed by atoms with Gasteiger partial charge < -0.3 is 21.1 Å². The van der Waals surface area contributed by atoms with E-state index in [1.54, 1.807) is 34.9 Å². The lowest BCUT2D eigenvalue weighted by molar-refractivity contribution is 0.254. The van der Waals surface area contributed by atoms with Crippen molar-refractivity contribution < 1.29 is 18.7 Å². The first-order chi connectivity index (χ1) is 15.0. The van der Waals surface area contributed by atoms with Gasteiger partial charge in [-0.3, -0.25) is 4.40 Å². The van der Waals surface area contributed by atoms with Crippen molar-refractivity contribution >= 4 is 34.2 Å². The second kappa shape index (κ2) is 8.52. The van der Waals surface area contributed by atoms with Crippen molar-refractivity contribution in [3.8, 4) is 11.3 Å². The smallest absolute Gasteiger partial charge is 0.318 e. The molecule has 8 nitrogen and oxygen atoms in total. The number of urea groups is 1. The molecular formula is C21H20F2N6O2. The number of anilines is 2. The van der Waals surface area contributed by atoms with Crippen LogP contribution < -0.4 is 16.0 Å². The number of carbonyl (C=O) groups is 1. The summed E-state index contributed by atoms with van der Waals surface area (Å²) in [5.74, 6) is -1.58. The Morgan fingerprint density at radius 1 is 1.16 bits per heavy atom. The number of amides is 2. The van der Waals surface area contributed by atoms with Crippen molar-refractivity contribution in [1.29, 1.82) is 0 Å². The Morgan fingerprint density at radius 2 is 1.90 bits per heavy atom. The molecule has 2 amide bonds. The second-order valence-electron chi connectivity index (χ2n) is 6.80. The largest absolute Gasteiger partial charge is 0.396 e. The van der Waals surface area contributed by atoms with E-state index in [1.165, 1.54) is 7.05 Å². The van der Waals surface area contributed by atoms with E-state index < -0.39 is 11.6 Å². The topological polar surface area (TPSA) is 104 Å². The number of imidazole rings is 1. The number of hydrogen-bond donors (Lipinski definition) is 4. The van der Waals surface area contributed by atoms with E-state index in [2.05, 4.69) is 25.9 Å². The van der Waals surface area contributed by atoms with Gasteiger partial charge in [0.2, 0.25) is 0 Å². The number of hydrogen-bond acceptors (Lipinski definition) is 5. The van der Waals surface area contributed by atoms with Gasteiger partial charge in [-0.25, -0.2) is 23.5 Å².